The molecule has 1 aliphatic rings. The van der Waals surface area contributed by atoms with Crippen LogP contribution in [0.4, 0.5) is 9.18 Å². The van der Waals surface area contributed by atoms with Crippen molar-refractivity contribution in [1.29, 1.82) is 0 Å². The molecule has 1 aromatic carbocycles. The number of rotatable bonds is 3. The van der Waals surface area contributed by atoms with Gasteiger partial charge in [0.25, 0.3) is 0 Å². The quantitative estimate of drug-likeness (QED) is 0.894. The van der Waals surface area contributed by atoms with Crippen molar-refractivity contribution in [3.8, 4) is 0 Å². The number of hydrogen-bond acceptors (Lipinski definition) is 1. The lowest BCUT2D eigenvalue weighted by atomic mass is 10.1. The largest absolute Gasteiger partial charge is 0.334 e. The van der Waals surface area contributed by atoms with E-state index in [1.165, 1.54) is 6.42 Å². The van der Waals surface area contributed by atoms with Crippen LogP contribution in [-0.4, -0.2) is 24.0 Å². The molecule has 0 bridgehead atoms. The first-order valence-electron chi connectivity index (χ1n) is 7.00. The van der Waals surface area contributed by atoms with E-state index in [4.69, 9.17) is 0 Å². The van der Waals surface area contributed by atoms with E-state index in [1.54, 1.807) is 12.1 Å². The molecule has 1 N–H and O–H groups in total. The predicted octanol–water partition coefficient (Wildman–Crippen LogP) is 3.08. The summed E-state index contributed by atoms with van der Waals surface area (Å²) in [5.41, 5.74) is 1.52. The van der Waals surface area contributed by atoms with Crippen LogP contribution in [0.15, 0.2) is 18.2 Å². The van der Waals surface area contributed by atoms with E-state index in [9.17, 15) is 9.18 Å². The maximum Gasteiger partial charge on any atom is 0.317 e. The molecule has 104 valence electrons. The topological polar surface area (TPSA) is 32.3 Å². The maximum atomic E-state index is 13.8. The van der Waals surface area contributed by atoms with Crippen LogP contribution >= 0.6 is 0 Å². The Morgan fingerprint density at radius 3 is 2.68 bits per heavy atom. The Hall–Kier alpha value is -1.58. The number of nitrogens with one attached hydrogen (secondary N) is 1. The summed E-state index contributed by atoms with van der Waals surface area (Å²) < 4.78 is 13.8. The van der Waals surface area contributed by atoms with E-state index in [0.717, 1.165) is 37.9 Å². The van der Waals surface area contributed by atoms with Crippen LogP contribution in [-0.2, 0) is 13.0 Å². The Kier molecular flexibility index (Phi) is 4.77. The molecule has 4 heteroatoms. The van der Waals surface area contributed by atoms with Gasteiger partial charge in [-0.05, 0) is 37.3 Å². The first kappa shape index (κ1) is 13.8. The molecule has 0 aliphatic carbocycles. The smallest absolute Gasteiger partial charge is 0.317 e. The van der Waals surface area contributed by atoms with Gasteiger partial charge in [0.15, 0.2) is 0 Å². The first-order valence-corrected chi connectivity index (χ1v) is 7.00. The van der Waals surface area contributed by atoms with Crippen LogP contribution in [0.1, 0.15) is 37.3 Å². The van der Waals surface area contributed by atoms with Crippen molar-refractivity contribution in [3.63, 3.8) is 0 Å². The highest BCUT2D eigenvalue weighted by atomic mass is 19.1. The zero-order valence-corrected chi connectivity index (χ0v) is 11.4. The van der Waals surface area contributed by atoms with Gasteiger partial charge in [-0.25, -0.2) is 9.18 Å². The Morgan fingerprint density at radius 1 is 1.32 bits per heavy atom. The highest BCUT2D eigenvalue weighted by Gasteiger charge is 2.16. The van der Waals surface area contributed by atoms with Gasteiger partial charge >= 0.3 is 6.03 Å². The van der Waals surface area contributed by atoms with Crippen molar-refractivity contribution in [1.82, 2.24) is 10.2 Å². The minimum Gasteiger partial charge on any atom is -0.334 e. The Labute approximate surface area is 113 Å². The van der Waals surface area contributed by atoms with Gasteiger partial charge in [0.05, 0.1) is 0 Å². The highest BCUT2D eigenvalue weighted by molar-refractivity contribution is 5.74. The SMILES string of the molecule is CCc1ccc(CNC(=O)N2CCCCC2)c(F)c1. The van der Waals surface area contributed by atoms with Gasteiger partial charge in [-0.2, -0.15) is 0 Å². The number of hydrogen-bond donors (Lipinski definition) is 1. The fraction of sp³-hybridized carbons (Fsp3) is 0.533. The summed E-state index contributed by atoms with van der Waals surface area (Å²) in [6.07, 6.45) is 4.13. The number of aryl methyl sites for hydroxylation is 1. The van der Waals surface area contributed by atoms with Gasteiger partial charge in [-0.15, -0.1) is 0 Å². The van der Waals surface area contributed by atoms with E-state index < -0.39 is 0 Å². The summed E-state index contributed by atoms with van der Waals surface area (Å²) >= 11 is 0. The van der Waals surface area contributed by atoms with E-state index in [2.05, 4.69) is 5.32 Å². The first-order chi connectivity index (χ1) is 9.20. The van der Waals surface area contributed by atoms with Crippen LogP contribution in [0.5, 0.6) is 0 Å². The second-order valence-electron chi connectivity index (χ2n) is 4.99. The van der Waals surface area contributed by atoms with Crippen LogP contribution in [0.3, 0.4) is 0 Å². The lowest BCUT2D eigenvalue weighted by molar-refractivity contribution is 0.186. The lowest BCUT2D eigenvalue weighted by Gasteiger charge is -2.26. The summed E-state index contributed by atoms with van der Waals surface area (Å²) in [5.74, 6) is -0.238. The van der Waals surface area contributed by atoms with Gasteiger partial charge in [0.2, 0.25) is 0 Å². The zero-order valence-electron chi connectivity index (χ0n) is 11.4. The molecule has 19 heavy (non-hydrogen) atoms. The molecule has 2 rings (SSSR count). The van der Waals surface area contributed by atoms with Crippen molar-refractivity contribution < 1.29 is 9.18 Å². The number of likely N-dealkylation sites (tertiary alicyclic amines) is 1. The van der Waals surface area contributed by atoms with E-state index >= 15 is 0 Å². The monoisotopic (exact) mass is 264 g/mol. The molecule has 1 fully saturated rings. The van der Waals surface area contributed by atoms with Crippen LogP contribution in [0.2, 0.25) is 0 Å². The van der Waals surface area contributed by atoms with E-state index in [1.807, 2.05) is 17.9 Å². The number of carbonyl (C=O) groups is 1. The van der Waals surface area contributed by atoms with Crippen LogP contribution in [0.25, 0.3) is 0 Å². The fourth-order valence-corrected chi connectivity index (χ4v) is 2.33. The summed E-state index contributed by atoms with van der Waals surface area (Å²) in [7, 11) is 0. The average Bonchev–Trinajstić information content (AvgIpc) is 2.46. The van der Waals surface area contributed by atoms with Gasteiger partial charge in [-0.1, -0.05) is 19.1 Å². The van der Waals surface area contributed by atoms with Gasteiger partial charge in [0.1, 0.15) is 5.82 Å². The third kappa shape index (κ3) is 3.69. The Morgan fingerprint density at radius 2 is 2.05 bits per heavy atom. The van der Waals surface area contributed by atoms with Crippen molar-refractivity contribution in [2.24, 2.45) is 0 Å². The second-order valence-corrected chi connectivity index (χ2v) is 4.99. The standard InChI is InChI=1S/C15H21FN2O/c1-2-12-6-7-13(14(16)10-12)11-17-15(19)18-8-4-3-5-9-18/h6-7,10H,2-5,8-9,11H2,1H3,(H,17,19). The third-order valence-electron chi connectivity index (χ3n) is 3.60. The summed E-state index contributed by atoms with van der Waals surface area (Å²) in [5, 5.41) is 2.79. The molecule has 3 nitrogen and oxygen atoms in total. The molecule has 0 saturated carbocycles. The minimum atomic E-state index is -0.238. The number of carbonyl (C=O) groups excluding carboxylic acids is 1. The summed E-state index contributed by atoms with van der Waals surface area (Å²) in [6, 6.07) is 5.12. The molecule has 0 unspecified atom stereocenters. The van der Waals surface area contributed by atoms with Crippen LogP contribution < -0.4 is 5.32 Å². The number of nitrogens with zero attached hydrogens (tertiary/aromatic N) is 1. The van der Waals surface area contributed by atoms with Gasteiger partial charge < -0.3 is 10.2 Å². The Balaban J connectivity index is 1.89. The van der Waals surface area contributed by atoms with E-state index in [-0.39, 0.29) is 18.4 Å². The maximum absolute atomic E-state index is 13.8. The molecule has 1 heterocycles. The predicted molar refractivity (Wildman–Crippen MR) is 73.4 cm³/mol. The van der Waals surface area contributed by atoms with Crippen molar-refractivity contribution >= 4 is 6.03 Å². The van der Waals surface area contributed by atoms with Crippen LogP contribution in [0, 0.1) is 5.82 Å². The second kappa shape index (κ2) is 6.55. The molecule has 0 radical (unpaired) electrons. The van der Waals surface area contributed by atoms with Gasteiger partial charge in [0, 0.05) is 25.2 Å². The number of halogens is 1. The molecule has 0 aromatic heterocycles. The Bertz CT molecular complexity index is 442. The third-order valence-corrected chi connectivity index (χ3v) is 3.60. The van der Waals surface area contributed by atoms with Crippen molar-refractivity contribution in [2.45, 2.75) is 39.2 Å². The number of benzene rings is 1. The molecule has 0 spiro atoms. The molecule has 2 amide bonds. The molecule has 1 saturated heterocycles. The fourth-order valence-electron chi connectivity index (χ4n) is 2.33. The lowest BCUT2D eigenvalue weighted by Crippen LogP contribution is -2.42. The minimum absolute atomic E-state index is 0.0846. The molecular weight excluding hydrogens is 243 g/mol. The van der Waals surface area contributed by atoms with Gasteiger partial charge in [-0.3, -0.25) is 0 Å². The molecular formula is C15H21FN2O. The number of piperidine rings is 1. The van der Waals surface area contributed by atoms with E-state index in [0.29, 0.717) is 5.56 Å². The summed E-state index contributed by atoms with van der Waals surface area (Å²) in [4.78, 5) is 13.7. The average molecular weight is 264 g/mol. The number of urea groups is 1. The highest BCUT2D eigenvalue weighted by Crippen LogP contribution is 2.12. The summed E-state index contributed by atoms with van der Waals surface area (Å²) in [6.45, 7) is 3.86. The molecule has 1 aliphatic heterocycles. The number of amides is 2. The normalized spacial score (nSPS) is 15.4. The molecule has 0 atom stereocenters. The van der Waals surface area contributed by atoms with Crippen molar-refractivity contribution in [2.75, 3.05) is 13.1 Å². The molecule has 1 aromatic rings. The van der Waals surface area contributed by atoms with Crippen molar-refractivity contribution in [3.05, 3.63) is 35.1 Å². The zero-order chi connectivity index (χ0) is 13.7.